The summed E-state index contributed by atoms with van der Waals surface area (Å²) in [5, 5.41) is 3.02. The number of hydrogen-bond donors (Lipinski definition) is 1. The van der Waals surface area contributed by atoms with Gasteiger partial charge >= 0.3 is 0 Å². The maximum atomic E-state index is 12.1. The molecule has 0 saturated carbocycles. The lowest BCUT2D eigenvalue weighted by Gasteiger charge is -2.20. The van der Waals surface area contributed by atoms with E-state index in [2.05, 4.69) is 42.2 Å². The van der Waals surface area contributed by atoms with Gasteiger partial charge < -0.3 is 10.2 Å². The van der Waals surface area contributed by atoms with Crippen molar-refractivity contribution in [1.29, 1.82) is 0 Å². The van der Waals surface area contributed by atoms with Crippen LogP contribution in [-0.2, 0) is 0 Å². The molecule has 5 nitrogen and oxygen atoms in total. The Bertz CT molecular complexity index is 635. The average molecular weight is 347 g/mol. The zero-order chi connectivity index (χ0) is 14.7. The Morgan fingerprint density at radius 2 is 2.19 bits per heavy atom. The first-order valence-corrected chi connectivity index (χ1v) is 7.59. The fraction of sp³-hybridized carbons (Fsp3) is 0.267. The van der Waals surface area contributed by atoms with Crippen molar-refractivity contribution < 1.29 is 4.79 Å². The smallest absolute Gasteiger partial charge is 0.271 e. The van der Waals surface area contributed by atoms with E-state index >= 15 is 0 Å². The zero-order valence-electron chi connectivity index (χ0n) is 11.4. The summed E-state index contributed by atoms with van der Waals surface area (Å²) in [4.78, 5) is 22.3. The van der Waals surface area contributed by atoms with Gasteiger partial charge in [0.1, 0.15) is 5.69 Å². The number of rotatable bonds is 3. The van der Waals surface area contributed by atoms with Crippen LogP contribution in [0, 0.1) is 0 Å². The van der Waals surface area contributed by atoms with E-state index in [0.29, 0.717) is 5.69 Å². The molecule has 1 saturated heterocycles. The normalized spacial score (nSPS) is 17.8. The van der Waals surface area contributed by atoms with Gasteiger partial charge in [-0.25, -0.2) is 4.98 Å². The van der Waals surface area contributed by atoms with E-state index in [-0.39, 0.29) is 11.9 Å². The Labute approximate surface area is 131 Å². The fourth-order valence-electron chi connectivity index (χ4n) is 2.48. The number of carbonyl (C=O) groups excluding carboxylic acids is 1. The summed E-state index contributed by atoms with van der Waals surface area (Å²) in [7, 11) is 0. The third-order valence-electron chi connectivity index (χ3n) is 3.51. The molecule has 0 bridgehead atoms. The third kappa shape index (κ3) is 3.21. The SMILES string of the molecule is O=C(NC1CCN(c2ccccc2Br)C1)c1cnccn1. The van der Waals surface area contributed by atoms with E-state index in [1.54, 1.807) is 6.20 Å². The molecule has 108 valence electrons. The van der Waals surface area contributed by atoms with Crippen LogP contribution < -0.4 is 10.2 Å². The first-order valence-electron chi connectivity index (χ1n) is 6.80. The summed E-state index contributed by atoms with van der Waals surface area (Å²) in [6, 6.07) is 8.26. The van der Waals surface area contributed by atoms with Crippen molar-refractivity contribution in [2.75, 3.05) is 18.0 Å². The van der Waals surface area contributed by atoms with Crippen molar-refractivity contribution in [3.8, 4) is 0 Å². The van der Waals surface area contributed by atoms with Gasteiger partial charge in [0, 0.05) is 36.0 Å². The Morgan fingerprint density at radius 1 is 1.33 bits per heavy atom. The van der Waals surface area contributed by atoms with Gasteiger partial charge in [0.25, 0.3) is 5.91 Å². The fourth-order valence-corrected chi connectivity index (χ4v) is 3.02. The summed E-state index contributed by atoms with van der Waals surface area (Å²) in [6.07, 6.45) is 5.49. The second-order valence-electron chi connectivity index (χ2n) is 4.95. The highest BCUT2D eigenvalue weighted by Crippen LogP contribution is 2.28. The molecule has 3 rings (SSSR count). The molecule has 1 atom stereocenters. The molecule has 1 aromatic carbocycles. The Balaban J connectivity index is 1.63. The monoisotopic (exact) mass is 346 g/mol. The lowest BCUT2D eigenvalue weighted by atomic mass is 10.2. The summed E-state index contributed by atoms with van der Waals surface area (Å²) < 4.78 is 1.07. The molecule has 1 aromatic heterocycles. The van der Waals surface area contributed by atoms with Crippen LogP contribution in [0.4, 0.5) is 5.69 Å². The van der Waals surface area contributed by atoms with Crippen molar-refractivity contribution in [3.05, 3.63) is 53.0 Å². The highest BCUT2D eigenvalue weighted by Gasteiger charge is 2.25. The second kappa shape index (κ2) is 6.22. The van der Waals surface area contributed by atoms with Gasteiger partial charge in [-0.1, -0.05) is 12.1 Å². The van der Waals surface area contributed by atoms with Crippen LogP contribution in [0.25, 0.3) is 0 Å². The number of halogens is 1. The van der Waals surface area contributed by atoms with Crippen molar-refractivity contribution in [1.82, 2.24) is 15.3 Å². The van der Waals surface area contributed by atoms with Gasteiger partial charge in [-0.2, -0.15) is 0 Å². The van der Waals surface area contributed by atoms with Crippen LogP contribution >= 0.6 is 15.9 Å². The minimum Gasteiger partial charge on any atom is -0.368 e. The van der Waals surface area contributed by atoms with Gasteiger partial charge in [0.2, 0.25) is 0 Å². The lowest BCUT2D eigenvalue weighted by molar-refractivity contribution is 0.0935. The van der Waals surface area contributed by atoms with Crippen LogP contribution in [0.1, 0.15) is 16.9 Å². The highest BCUT2D eigenvalue weighted by molar-refractivity contribution is 9.10. The summed E-state index contributed by atoms with van der Waals surface area (Å²) in [5.74, 6) is -0.165. The summed E-state index contributed by atoms with van der Waals surface area (Å²) in [5.41, 5.74) is 1.52. The molecule has 1 aliphatic heterocycles. The number of aromatic nitrogens is 2. The van der Waals surface area contributed by atoms with Gasteiger partial charge in [-0.05, 0) is 34.5 Å². The quantitative estimate of drug-likeness (QED) is 0.925. The number of para-hydroxylation sites is 1. The second-order valence-corrected chi connectivity index (χ2v) is 5.80. The molecular formula is C15H15BrN4O. The molecule has 1 amide bonds. The highest BCUT2D eigenvalue weighted by atomic mass is 79.9. The maximum Gasteiger partial charge on any atom is 0.271 e. The van der Waals surface area contributed by atoms with Crippen molar-refractivity contribution in [2.24, 2.45) is 0 Å². The minimum atomic E-state index is -0.165. The lowest BCUT2D eigenvalue weighted by Crippen LogP contribution is -2.37. The van der Waals surface area contributed by atoms with E-state index in [1.165, 1.54) is 12.4 Å². The maximum absolute atomic E-state index is 12.1. The number of amides is 1. The van der Waals surface area contributed by atoms with Crippen molar-refractivity contribution in [2.45, 2.75) is 12.5 Å². The number of anilines is 1. The molecule has 6 heteroatoms. The van der Waals surface area contributed by atoms with Gasteiger partial charge in [0.15, 0.2) is 0 Å². The molecule has 2 heterocycles. The number of benzene rings is 1. The summed E-state index contributed by atoms with van der Waals surface area (Å²) >= 11 is 3.57. The van der Waals surface area contributed by atoms with Crippen LogP contribution in [0.5, 0.6) is 0 Å². The van der Waals surface area contributed by atoms with E-state index < -0.39 is 0 Å². The zero-order valence-corrected chi connectivity index (χ0v) is 13.0. The molecule has 21 heavy (non-hydrogen) atoms. The van der Waals surface area contributed by atoms with Crippen LogP contribution in [0.2, 0.25) is 0 Å². The van der Waals surface area contributed by atoms with E-state index in [1.807, 2.05) is 18.2 Å². The predicted molar refractivity (Wildman–Crippen MR) is 84.3 cm³/mol. The first kappa shape index (κ1) is 14.0. The molecule has 2 aromatic rings. The van der Waals surface area contributed by atoms with E-state index in [4.69, 9.17) is 0 Å². The first-order chi connectivity index (χ1) is 10.2. The molecule has 0 aliphatic carbocycles. The standard InChI is InChI=1S/C15H15BrN4O/c16-12-3-1-2-4-14(12)20-8-5-11(10-20)19-15(21)13-9-17-6-7-18-13/h1-4,6-7,9,11H,5,8,10H2,(H,19,21). The minimum absolute atomic E-state index is 0.131. The van der Waals surface area contributed by atoms with Gasteiger partial charge in [-0.15, -0.1) is 0 Å². The number of nitrogens with zero attached hydrogens (tertiary/aromatic N) is 3. The largest absolute Gasteiger partial charge is 0.368 e. The third-order valence-corrected chi connectivity index (χ3v) is 4.18. The average Bonchev–Trinajstić information content (AvgIpc) is 2.97. The van der Waals surface area contributed by atoms with Crippen molar-refractivity contribution in [3.63, 3.8) is 0 Å². The molecule has 1 fully saturated rings. The van der Waals surface area contributed by atoms with Crippen LogP contribution in [0.3, 0.4) is 0 Å². The Hall–Kier alpha value is -1.95. The Kier molecular flexibility index (Phi) is 4.15. The topological polar surface area (TPSA) is 58.1 Å². The van der Waals surface area contributed by atoms with Gasteiger partial charge in [0.05, 0.1) is 11.9 Å². The number of nitrogens with one attached hydrogen (secondary N) is 1. The van der Waals surface area contributed by atoms with Crippen molar-refractivity contribution >= 4 is 27.5 Å². The molecule has 0 spiro atoms. The van der Waals surface area contributed by atoms with Gasteiger partial charge in [-0.3, -0.25) is 9.78 Å². The number of carbonyl (C=O) groups is 1. The molecule has 1 N–H and O–H groups in total. The van der Waals surface area contributed by atoms with E-state index in [0.717, 1.165) is 29.7 Å². The molecule has 1 unspecified atom stereocenters. The predicted octanol–water partition coefficient (Wildman–Crippen LogP) is 2.25. The number of hydrogen-bond acceptors (Lipinski definition) is 4. The van der Waals surface area contributed by atoms with E-state index in [9.17, 15) is 4.79 Å². The Morgan fingerprint density at radius 3 is 2.95 bits per heavy atom. The van der Waals surface area contributed by atoms with Crippen LogP contribution in [0.15, 0.2) is 47.3 Å². The molecule has 0 radical (unpaired) electrons. The molecule has 1 aliphatic rings. The summed E-state index contributed by atoms with van der Waals surface area (Å²) in [6.45, 7) is 1.72. The van der Waals surface area contributed by atoms with Crippen LogP contribution in [-0.4, -0.2) is 35.0 Å². The molecular weight excluding hydrogens is 332 g/mol.